The van der Waals surface area contributed by atoms with Crippen LogP contribution in [0.4, 0.5) is 4.39 Å². The SMILES string of the molecule is CCc1c(C(N)CC)nnn1-c1c(Cl)cc(F)cc1Br. The minimum atomic E-state index is -0.408. The monoisotopic (exact) mass is 360 g/mol. The van der Waals surface area contributed by atoms with Crippen LogP contribution in [0.25, 0.3) is 5.69 Å². The number of aromatic nitrogens is 3. The molecule has 0 saturated heterocycles. The first kappa shape index (κ1) is 15.4. The largest absolute Gasteiger partial charge is 0.323 e. The molecule has 1 unspecified atom stereocenters. The molecule has 0 aliphatic rings. The highest BCUT2D eigenvalue weighted by molar-refractivity contribution is 9.10. The highest BCUT2D eigenvalue weighted by atomic mass is 79.9. The number of nitrogens with zero attached hydrogens (tertiary/aromatic N) is 3. The molecule has 1 aromatic heterocycles. The van der Waals surface area contributed by atoms with Gasteiger partial charge in [-0.05, 0) is 40.9 Å². The number of hydrogen-bond acceptors (Lipinski definition) is 3. The summed E-state index contributed by atoms with van der Waals surface area (Å²) < 4.78 is 15.5. The van der Waals surface area contributed by atoms with E-state index in [0.29, 0.717) is 16.6 Å². The number of hydrogen-bond donors (Lipinski definition) is 1. The van der Waals surface area contributed by atoms with Crippen molar-refractivity contribution < 1.29 is 4.39 Å². The number of benzene rings is 1. The van der Waals surface area contributed by atoms with Gasteiger partial charge >= 0.3 is 0 Å². The minimum absolute atomic E-state index is 0.170. The van der Waals surface area contributed by atoms with Gasteiger partial charge in [-0.1, -0.05) is 30.7 Å². The Kier molecular flexibility index (Phi) is 4.78. The van der Waals surface area contributed by atoms with Gasteiger partial charge in [-0.2, -0.15) is 0 Å². The fraction of sp³-hybridized carbons (Fsp3) is 0.385. The van der Waals surface area contributed by atoms with Crippen LogP contribution in [-0.4, -0.2) is 15.0 Å². The summed E-state index contributed by atoms with van der Waals surface area (Å²) in [5, 5.41) is 8.55. The van der Waals surface area contributed by atoms with Crippen LogP contribution in [-0.2, 0) is 6.42 Å². The molecule has 4 nitrogen and oxygen atoms in total. The number of rotatable bonds is 4. The third kappa shape index (κ3) is 2.73. The van der Waals surface area contributed by atoms with Crippen molar-refractivity contribution in [1.82, 2.24) is 15.0 Å². The molecule has 20 heavy (non-hydrogen) atoms. The molecule has 1 heterocycles. The first-order valence-electron chi connectivity index (χ1n) is 6.34. The van der Waals surface area contributed by atoms with E-state index in [0.717, 1.165) is 17.8 Å². The van der Waals surface area contributed by atoms with E-state index in [1.807, 2.05) is 13.8 Å². The molecule has 7 heteroatoms. The summed E-state index contributed by atoms with van der Waals surface area (Å²) in [6.45, 7) is 3.98. The molecule has 1 aromatic carbocycles. The van der Waals surface area contributed by atoms with E-state index in [1.165, 1.54) is 12.1 Å². The van der Waals surface area contributed by atoms with Gasteiger partial charge in [0.05, 0.1) is 22.4 Å². The molecular weight excluding hydrogens is 347 g/mol. The second kappa shape index (κ2) is 6.20. The summed E-state index contributed by atoms with van der Waals surface area (Å²) >= 11 is 9.45. The average molecular weight is 362 g/mol. The fourth-order valence-electron chi connectivity index (χ4n) is 2.04. The molecule has 2 rings (SSSR count). The quantitative estimate of drug-likeness (QED) is 0.901. The molecule has 0 aliphatic carbocycles. The minimum Gasteiger partial charge on any atom is -0.323 e. The molecule has 0 bridgehead atoms. The maximum Gasteiger partial charge on any atom is 0.125 e. The zero-order valence-corrected chi connectivity index (χ0v) is 13.5. The third-order valence-electron chi connectivity index (χ3n) is 3.11. The van der Waals surface area contributed by atoms with Crippen molar-refractivity contribution in [3.05, 3.63) is 38.8 Å². The van der Waals surface area contributed by atoms with Gasteiger partial charge in [0.1, 0.15) is 11.5 Å². The normalized spacial score (nSPS) is 12.7. The lowest BCUT2D eigenvalue weighted by Gasteiger charge is -2.12. The van der Waals surface area contributed by atoms with Gasteiger partial charge in [0.25, 0.3) is 0 Å². The van der Waals surface area contributed by atoms with Crippen LogP contribution in [0.1, 0.15) is 37.7 Å². The Balaban J connectivity index is 2.62. The van der Waals surface area contributed by atoms with E-state index < -0.39 is 5.82 Å². The van der Waals surface area contributed by atoms with Gasteiger partial charge in [0, 0.05) is 4.47 Å². The van der Waals surface area contributed by atoms with Crippen LogP contribution in [0.2, 0.25) is 5.02 Å². The van der Waals surface area contributed by atoms with Crippen LogP contribution < -0.4 is 5.73 Å². The van der Waals surface area contributed by atoms with Crippen molar-refractivity contribution >= 4 is 27.5 Å². The summed E-state index contributed by atoms with van der Waals surface area (Å²) in [7, 11) is 0. The first-order chi connectivity index (χ1) is 9.49. The Morgan fingerprint density at radius 3 is 2.70 bits per heavy atom. The number of halogens is 3. The highest BCUT2D eigenvalue weighted by Crippen LogP contribution is 2.31. The van der Waals surface area contributed by atoms with Gasteiger partial charge in [-0.15, -0.1) is 5.10 Å². The second-order valence-electron chi connectivity index (χ2n) is 4.42. The van der Waals surface area contributed by atoms with E-state index in [-0.39, 0.29) is 11.1 Å². The predicted octanol–water partition coefficient (Wildman–Crippen LogP) is 3.79. The van der Waals surface area contributed by atoms with E-state index in [2.05, 4.69) is 26.2 Å². The standard InChI is InChI=1S/C13H15BrClFN4/c1-3-10(17)12-11(4-2)20(19-18-12)13-8(14)5-7(16)6-9(13)15/h5-6,10H,3-4,17H2,1-2H3. The molecule has 0 fully saturated rings. The van der Waals surface area contributed by atoms with Gasteiger partial charge in [-0.3, -0.25) is 0 Å². The average Bonchev–Trinajstić information content (AvgIpc) is 2.80. The van der Waals surface area contributed by atoms with Crippen molar-refractivity contribution in [2.24, 2.45) is 5.73 Å². The molecular formula is C13H15BrClFN4. The van der Waals surface area contributed by atoms with E-state index in [9.17, 15) is 4.39 Å². The van der Waals surface area contributed by atoms with Crippen LogP contribution in [0, 0.1) is 5.82 Å². The van der Waals surface area contributed by atoms with Gasteiger partial charge in [0.2, 0.25) is 0 Å². The van der Waals surface area contributed by atoms with Gasteiger partial charge in [-0.25, -0.2) is 9.07 Å². The summed E-state index contributed by atoms with van der Waals surface area (Å²) in [6.07, 6.45) is 1.47. The van der Waals surface area contributed by atoms with Crippen molar-refractivity contribution in [1.29, 1.82) is 0 Å². The highest BCUT2D eigenvalue weighted by Gasteiger charge is 2.20. The maximum absolute atomic E-state index is 13.3. The fourth-order valence-corrected chi connectivity index (χ4v) is 3.04. The van der Waals surface area contributed by atoms with E-state index in [1.54, 1.807) is 4.68 Å². The van der Waals surface area contributed by atoms with E-state index >= 15 is 0 Å². The molecule has 2 aromatic rings. The van der Waals surface area contributed by atoms with Crippen molar-refractivity contribution in [3.8, 4) is 5.69 Å². The summed E-state index contributed by atoms with van der Waals surface area (Å²) in [6, 6.07) is 2.43. The van der Waals surface area contributed by atoms with Crippen LogP contribution in [0.5, 0.6) is 0 Å². The van der Waals surface area contributed by atoms with Crippen LogP contribution in [0.3, 0.4) is 0 Å². The Morgan fingerprint density at radius 1 is 1.45 bits per heavy atom. The summed E-state index contributed by atoms with van der Waals surface area (Å²) in [5.41, 5.74) is 8.25. The molecule has 0 amide bonds. The molecule has 1 atom stereocenters. The zero-order valence-electron chi connectivity index (χ0n) is 11.2. The van der Waals surface area contributed by atoms with Crippen LogP contribution in [0.15, 0.2) is 16.6 Å². The molecule has 108 valence electrons. The molecule has 0 spiro atoms. The zero-order chi connectivity index (χ0) is 14.9. The van der Waals surface area contributed by atoms with Crippen molar-refractivity contribution in [2.75, 3.05) is 0 Å². The van der Waals surface area contributed by atoms with Crippen molar-refractivity contribution in [3.63, 3.8) is 0 Å². The lowest BCUT2D eigenvalue weighted by Crippen LogP contribution is -2.12. The Hall–Kier alpha value is -0.980. The molecule has 2 N–H and O–H groups in total. The lowest BCUT2D eigenvalue weighted by atomic mass is 10.1. The molecule has 0 saturated carbocycles. The smallest absolute Gasteiger partial charge is 0.125 e. The first-order valence-corrected chi connectivity index (χ1v) is 7.51. The Morgan fingerprint density at radius 2 is 2.15 bits per heavy atom. The Labute approximate surface area is 130 Å². The molecule has 0 aliphatic heterocycles. The van der Waals surface area contributed by atoms with E-state index in [4.69, 9.17) is 17.3 Å². The topological polar surface area (TPSA) is 56.7 Å². The predicted molar refractivity (Wildman–Crippen MR) is 80.6 cm³/mol. The summed E-state index contributed by atoms with van der Waals surface area (Å²) in [4.78, 5) is 0. The lowest BCUT2D eigenvalue weighted by molar-refractivity contribution is 0.625. The molecule has 0 radical (unpaired) electrons. The van der Waals surface area contributed by atoms with Crippen LogP contribution >= 0.6 is 27.5 Å². The number of nitrogens with two attached hydrogens (primary N) is 1. The second-order valence-corrected chi connectivity index (χ2v) is 5.68. The van der Waals surface area contributed by atoms with Gasteiger partial charge < -0.3 is 5.73 Å². The summed E-state index contributed by atoms with van der Waals surface area (Å²) in [5.74, 6) is -0.408. The maximum atomic E-state index is 13.3. The van der Waals surface area contributed by atoms with Gasteiger partial charge in [0.15, 0.2) is 0 Å². The van der Waals surface area contributed by atoms with Crippen molar-refractivity contribution in [2.45, 2.75) is 32.7 Å². The third-order valence-corrected chi connectivity index (χ3v) is 4.01. The Bertz CT molecular complexity index is 606.